The lowest BCUT2D eigenvalue weighted by Gasteiger charge is -2.27. The molecule has 6 nitrogen and oxygen atoms in total. The van der Waals surface area contributed by atoms with E-state index in [1.807, 2.05) is 0 Å². The summed E-state index contributed by atoms with van der Waals surface area (Å²) in [6, 6.07) is 4.77. The van der Waals surface area contributed by atoms with Crippen LogP contribution in [0, 0.1) is 0 Å². The summed E-state index contributed by atoms with van der Waals surface area (Å²) in [5, 5.41) is 32.3. The van der Waals surface area contributed by atoms with Crippen molar-refractivity contribution in [3.8, 4) is 17.0 Å². The molecule has 1 aliphatic rings. The van der Waals surface area contributed by atoms with Gasteiger partial charge in [0.15, 0.2) is 5.82 Å². The highest BCUT2D eigenvalue weighted by Gasteiger charge is 2.36. The molecule has 152 valence electrons. The molecule has 2 aromatic heterocycles. The van der Waals surface area contributed by atoms with Crippen LogP contribution < -0.4 is 5.32 Å². The molecule has 0 radical (unpaired) electrons. The highest BCUT2D eigenvalue weighted by molar-refractivity contribution is 6.01. The number of fused-ring (bicyclic) bond motifs is 1. The molecule has 1 saturated carbocycles. The van der Waals surface area contributed by atoms with Gasteiger partial charge in [-0.2, -0.15) is 13.2 Å². The fourth-order valence-electron chi connectivity index (χ4n) is 3.80. The second kappa shape index (κ2) is 7.47. The average Bonchev–Trinajstić information content (AvgIpc) is 2.68. The molecule has 1 aliphatic carbocycles. The largest absolute Gasteiger partial charge is 0.507 e. The summed E-state index contributed by atoms with van der Waals surface area (Å²) in [6.07, 6.45) is 0.921. The maximum atomic E-state index is 13.5. The van der Waals surface area contributed by atoms with Crippen molar-refractivity contribution in [2.24, 2.45) is 0 Å². The molecule has 0 saturated heterocycles. The van der Waals surface area contributed by atoms with E-state index in [1.54, 1.807) is 6.07 Å². The van der Waals surface area contributed by atoms with Crippen LogP contribution in [0.3, 0.4) is 0 Å². The van der Waals surface area contributed by atoms with Crippen LogP contribution in [0.5, 0.6) is 5.75 Å². The van der Waals surface area contributed by atoms with Gasteiger partial charge < -0.3 is 15.5 Å². The van der Waals surface area contributed by atoms with Gasteiger partial charge in [-0.1, -0.05) is 6.07 Å². The van der Waals surface area contributed by atoms with Crippen molar-refractivity contribution in [3.63, 3.8) is 0 Å². The van der Waals surface area contributed by atoms with Crippen molar-refractivity contribution in [2.45, 2.75) is 44.0 Å². The fraction of sp³-hybridized carbons (Fsp3) is 0.350. The summed E-state index contributed by atoms with van der Waals surface area (Å²) >= 11 is 0. The Morgan fingerprint density at radius 1 is 1.07 bits per heavy atom. The number of aliphatic hydroxyl groups is 1. The minimum atomic E-state index is -4.66. The van der Waals surface area contributed by atoms with E-state index < -0.39 is 29.2 Å². The van der Waals surface area contributed by atoms with Crippen LogP contribution in [0.25, 0.3) is 22.0 Å². The minimum absolute atomic E-state index is 0.0156. The maximum absolute atomic E-state index is 13.5. The van der Waals surface area contributed by atoms with E-state index in [2.05, 4.69) is 20.5 Å². The third kappa shape index (κ3) is 3.82. The number of phenols is 1. The Morgan fingerprint density at radius 2 is 1.90 bits per heavy atom. The van der Waals surface area contributed by atoms with Gasteiger partial charge in [-0.3, -0.25) is 4.98 Å². The topological polar surface area (TPSA) is 91.2 Å². The molecule has 4 rings (SSSR count). The zero-order valence-corrected chi connectivity index (χ0v) is 15.3. The van der Waals surface area contributed by atoms with Gasteiger partial charge in [0, 0.05) is 29.2 Å². The lowest BCUT2D eigenvalue weighted by Crippen LogP contribution is -2.30. The lowest BCUT2D eigenvalue weighted by atomic mass is 9.93. The zero-order valence-electron chi connectivity index (χ0n) is 15.3. The van der Waals surface area contributed by atoms with E-state index >= 15 is 0 Å². The van der Waals surface area contributed by atoms with Gasteiger partial charge >= 0.3 is 6.18 Å². The van der Waals surface area contributed by atoms with E-state index in [0.29, 0.717) is 23.0 Å². The van der Waals surface area contributed by atoms with Crippen molar-refractivity contribution in [1.82, 2.24) is 15.2 Å². The maximum Gasteiger partial charge on any atom is 0.417 e. The van der Waals surface area contributed by atoms with Crippen LogP contribution in [0.2, 0.25) is 0 Å². The van der Waals surface area contributed by atoms with E-state index in [-0.39, 0.29) is 11.7 Å². The normalized spacial score (nSPS) is 20.0. The highest BCUT2D eigenvalue weighted by Crippen LogP contribution is 2.43. The zero-order chi connectivity index (χ0) is 20.6. The van der Waals surface area contributed by atoms with Gasteiger partial charge in [-0.25, -0.2) is 0 Å². The number of nitrogens with one attached hydrogen (secondary N) is 1. The number of pyridine rings is 1. The van der Waals surface area contributed by atoms with Crippen molar-refractivity contribution in [1.29, 1.82) is 0 Å². The van der Waals surface area contributed by atoms with Gasteiger partial charge in [0.1, 0.15) is 11.4 Å². The molecule has 0 spiro atoms. The number of hydrogen-bond acceptors (Lipinski definition) is 6. The van der Waals surface area contributed by atoms with Crippen molar-refractivity contribution in [3.05, 3.63) is 42.2 Å². The molecule has 1 aromatic carbocycles. The Kier molecular flexibility index (Phi) is 4.99. The third-order valence-electron chi connectivity index (χ3n) is 5.15. The van der Waals surface area contributed by atoms with Crippen LogP contribution in [-0.4, -0.2) is 37.5 Å². The summed E-state index contributed by atoms with van der Waals surface area (Å²) in [4.78, 5) is 4.07. The Balaban J connectivity index is 1.83. The molecular formula is C20H19F3N4O2. The molecule has 0 bridgehead atoms. The summed E-state index contributed by atoms with van der Waals surface area (Å²) in [5.74, 6) is -0.136. The molecule has 2 atom stereocenters. The van der Waals surface area contributed by atoms with Crippen molar-refractivity contribution in [2.75, 3.05) is 5.32 Å². The smallest absolute Gasteiger partial charge is 0.417 e. The van der Waals surface area contributed by atoms with E-state index in [1.165, 1.54) is 18.5 Å². The number of alkyl halides is 3. The molecule has 29 heavy (non-hydrogen) atoms. The lowest BCUT2D eigenvalue weighted by molar-refractivity contribution is -0.137. The first-order chi connectivity index (χ1) is 13.8. The Hall–Kier alpha value is -2.94. The number of phenolic OH excluding ortho intramolecular Hbond substituents is 1. The number of aliphatic hydroxyl groups excluding tert-OH is 1. The molecule has 0 unspecified atom stereocenters. The quantitative estimate of drug-likeness (QED) is 0.608. The summed E-state index contributed by atoms with van der Waals surface area (Å²) in [7, 11) is 0. The van der Waals surface area contributed by atoms with Gasteiger partial charge in [0.2, 0.25) is 0 Å². The summed E-state index contributed by atoms with van der Waals surface area (Å²) in [6.45, 7) is 0. The second-order valence-corrected chi connectivity index (χ2v) is 7.18. The first-order valence-corrected chi connectivity index (χ1v) is 9.29. The SMILES string of the molecule is Oc1cccc(C(F)(F)F)c1-c1nnc(N[C@H]2CCC[C@H](O)C2)c2cnccc12. The number of aromatic hydroxyl groups is 1. The van der Waals surface area contributed by atoms with Crippen LogP contribution in [-0.2, 0) is 6.18 Å². The number of halogens is 3. The Labute approximate surface area is 164 Å². The first kappa shape index (κ1) is 19.4. The fourth-order valence-corrected chi connectivity index (χ4v) is 3.80. The third-order valence-corrected chi connectivity index (χ3v) is 5.15. The first-order valence-electron chi connectivity index (χ1n) is 9.29. The predicted molar refractivity (Wildman–Crippen MR) is 101 cm³/mol. The molecule has 0 aliphatic heterocycles. The molecule has 1 fully saturated rings. The number of nitrogens with zero attached hydrogens (tertiary/aromatic N) is 3. The van der Waals surface area contributed by atoms with E-state index in [4.69, 9.17) is 0 Å². The van der Waals surface area contributed by atoms with Gasteiger partial charge in [0.25, 0.3) is 0 Å². The summed E-state index contributed by atoms with van der Waals surface area (Å²) in [5.41, 5.74) is -1.47. The molecular weight excluding hydrogens is 385 g/mol. The molecule has 0 amide bonds. The van der Waals surface area contributed by atoms with Crippen LogP contribution in [0.1, 0.15) is 31.2 Å². The van der Waals surface area contributed by atoms with Gasteiger partial charge in [-0.05, 0) is 43.9 Å². The van der Waals surface area contributed by atoms with Crippen molar-refractivity contribution < 1.29 is 23.4 Å². The monoisotopic (exact) mass is 404 g/mol. The summed E-state index contributed by atoms with van der Waals surface area (Å²) < 4.78 is 40.6. The number of aromatic nitrogens is 3. The molecule has 2 heterocycles. The number of anilines is 1. The minimum Gasteiger partial charge on any atom is -0.507 e. The molecule has 9 heteroatoms. The van der Waals surface area contributed by atoms with Gasteiger partial charge in [-0.15, -0.1) is 10.2 Å². The van der Waals surface area contributed by atoms with Crippen molar-refractivity contribution >= 4 is 16.6 Å². The van der Waals surface area contributed by atoms with Crippen LogP contribution >= 0.6 is 0 Å². The Morgan fingerprint density at radius 3 is 2.66 bits per heavy atom. The highest BCUT2D eigenvalue weighted by atomic mass is 19.4. The number of benzene rings is 1. The predicted octanol–water partition coefficient (Wildman–Crippen LogP) is 4.13. The molecule has 3 N–H and O–H groups in total. The van der Waals surface area contributed by atoms with E-state index in [9.17, 15) is 23.4 Å². The number of rotatable bonds is 3. The van der Waals surface area contributed by atoms with Crippen LogP contribution in [0.4, 0.5) is 19.0 Å². The Bertz CT molecular complexity index is 1040. The molecule has 3 aromatic rings. The van der Waals surface area contributed by atoms with Crippen LogP contribution in [0.15, 0.2) is 36.7 Å². The standard InChI is InChI=1S/C20H19F3N4O2/c21-20(22,23)15-5-2-6-16(29)17(15)18-13-7-8-24-10-14(13)19(27-26-18)25-11-3-1-4-12(28)9-11/h2,5-8,10-12,28-29H,1,3-4,9H2,(H,25,27)/t11-,12-/m0/s1. The van der Waals surface area contributed by atoms with Gasteiger partial charge in [0.05, 0.1) is 17.2 Å². The van der Waals surface area contributed by atoms with E-state index in [0.717, 1.165) is 31.4 Å². The number of hydrogen-bond donors (Lipinski definition) is 3. The second-order valence-electron chi connectivity index (χ2n) is 7.18. The average molecular weight is 404 g/mol.